The Morgan fingerprint density at radius 2 is 2.28 bits per heavy atom. The number of carbonyl (C=O) groups excluding carboxylic acids is 2. The van der Waals surface area contributed by atoms with Gasteiger partial charge in [0.1, 0.15) is 0 Å². The minimum absolute atomic E-state index is 0.0449. The van der Waals surface area contributed by atoms with Crippen LogP contribution in [0.2, 0.25) is 0 Å². The fourth-order valence-corrected chi connectivity index (χ4v) is 3.09. The average Bonchev–Trinajstić information content (AvgIpc) is 2.53. The number of hydrogen-bond acceptors (Lipinski definition) is 5. The first-order valence-electron chi connectivity index (χ1n) is 5.91. The summed E-state index contributed by atoms with van der Waals surface area (Å²) in [6, 6.07) is 0. The molecule has 1 heterocycles. The summed E-state index contributed by atoms with van der Waals surface area (Å²) in [4.78, 5) is 25.0. The maximum absolute atomic E-state index is 12.1. The summed E-state index contributed by atoms with van der Waals surface area (Å²) < 4.78 is 4.23. The molecule has 0 aromatic heterocycles. The van der Waals surface area contributed by atoms with Crippen molar-refractivity contribution >= 4 is 23.6 Å². The van der Waals surface area contributed by atoms with Gasteiger partial charge in [-0.1, -0.05) is 11.8 Å². The molecule has 0 spiro atoms. The van der Waals surface area contributed by atoms with Gasteiger partial charge in [-0.3, -0.25) is 4.79 Å². The van der Waals surface area contributed by atoms with Crippen LogP contribution in [-0.4, -0.2) is 46.9 Å². The lowest BCUT2D eigenvalue weighted by atomic mass is 10.0. The number of rotatable bonds is 5. The lowest BCUT2D eigenvalue weighted by molar-refractivity contribution is -0.137. The van der Waals surface area contributed by atoms with Gasteiger partial charge in [0.25, 0.3) is 0 Å². The molecule has 5 nitrogen and oxygen atoms in total. The van der Waals surface area contributed by atoms with Crippen LogP contribution in [0.15, 0.2) is 11.1 Å². The molecule has 1 N–H and O–H groups in total. The maximum Gasteiger partial charge on any atom is 0.333 e. The van der Waals surface area contributed by atoms with E-state index >= 15 is 0 Å². The molecule has 1 unspecified atom stereocenters. The molecule has 1 atom stereocenters. The van der Waals surface area contributed by atoms with Crippen molar-refractivity contribution in [2.45, 2.75) is 31.4 Å². The summed E-state index contributed by atoms with van der Waals surface area (Å²) in [6.07, 6.45) is 2.49. The Morgan fingerprint density at radius 3 is 2.83 bits per heavy atom. The number of esters is 1. The van der Waals surface area contributed by atoms with Gasteiger partial charge in [-0.2, -0.15) is 0 Å². The van der Waals surface area contributed by atoms with E-state index in [1.807, 2.05) is 6.92 Å². The highest BCUT2D eigenvalue weighted by atomic mass is 32.2. The standard InChI is InChI=1S/C12H19NO4S/c1-4-17-10(15)8-9-13(3)11(16)12(2,18-9)6-5-7-14/h8,14H,4-7H2,1-3H3/b9-8-. The van der Waals surface area contributed by atoms with Crippen molar-refractivity contribution in [3.8, 4) is 0 Å². The summed E-state index contributed by atoms with van der Waals surface area (Å²) >= 11 is 1.35. The van der Waals surface area contributed by atoms with Crippen molar-refractivity contribution < 1.29 is 19.4 Å². The number of amides is 1. The molecule has 0 aliphatic carbocycles. The number of ether oxygens (including phenoxy) is 1. The summed E-state index contributed by atoms with van der Waals surface area (Å²) in [5.41, 5.74) is 0. The van der Waals surface area contributed by atoms with Gasteiger partial charge >= 0.3 is 5.97 Å². The Balaban J connectivity index is 2.81. The monoisotopic (exact) mass is 273 g/mol. The lowest BCUT2D eigenvalue weighted by Crippen LogP contribution is -2.34. The van der Waals surface area contributed by atoms with Gasteiger partial charge in [0.2, 0.25) is 5.91 Å². The molecular formula is C12H19NO4S. The van der Waals surface area contributed by atoms with E-state index < -0.39 is 10.7 Å². The smallest absolute Gasteiger partial charge is 0.333 e. The zero-order chi connectivity index (χ0) is 13.8. The molecular weight excluding hydrogens is 254 g/mol. The predicted molar refractivity (Wildman–Crippen MR) is 69.8 cm³/mol. The molecule has 1 aliphatic heterocycles. The highest BCUT2D eigenvalue weighted by Crippen LogP contribution is 2.45. The van der Waals surface area contributed by atoms with Crippen LogP contribution in [0.1, 0.15) is 26.7 Å². The van der Waals surface area contributed by atoms with Gasteiger partial charge in [0, 0.05) is 13.7 Å². The van der Waals surface area contributed by atoms with Gasteiger partial charge in [-0.25, -0.2) is 4.79 Å². The summed E-state index contributed by atoms with van der Waals surface area (Å²) in [7, 11) is 1.64. The molecule has 102 valence electrons. The summed E-state index contributed by atoms with van der Waals surface area (Å²) in [6.45, 7) is 3.94. The van der Waals surface area contributed by atoms with Crippen LogP contribution in [0.25, 0.3) is 0 Å². The van der Waals surface area contributed by atoms with Crippen molar-refractivity contribution in [1.82, 2.24) is 4.90 Å². The van der Waals surface area contributed by atoms with Crippen molar-refractivity contribution in [1.29, 1.82) is 0 Å². The van der Waals surface area contributed by atoms with Crippen molar-refractivity contribution in [2.24, 2.45) is 0 Å². The molecule has 1 fully saturated rings. The third-order valence-corrected chi connectivity index (χ3v) is 4.19. The quantitative estimate of drug-likeness (QED) is 0.601. The summed E-state index contributed by atoms with van der Waals surface area (Å²) in [5, 5.41) is 9.45. The predicted octanol–water partition coefficient (Wildman–Crippen LogP) is 1.13. The lowest BCUT2D eigenvalue weighted by Gasteiger charge is -2.18. The molecule has 18 heavy (non-hydrogen) atoms. The number of aliphatic hydroxyl groups is 1. The zero-order valence-electron chi connectivity index (χ0n) is 10.9. The third kappa shape index (κ3) is 3.26. The number of carbonyl (C=O) groups is 2. The fourth-order valence-electron chi connectivity index (χ4n) is 1.78. The van der Waals surface area contributed by atoms with E-state index in [9.17, 15) is 9.59 Å². The van der Waals surface area contributed by atoms with E-state index in [0.29, 0.717) is 24.5 Å². The number of thioether (sulfide) groups is 1. The number of nitrogens with zero attached hydrogens (tertiary/aromatic N) is 1. The number of hydrogen-bond donors (Lipinski definition) is 1. The van der Waals surface area contributed by atoms with Crippen LogP contribution in [-0.2, 0) is 14.3 Å². The Bertz CT molecular complexity index is 369. The first kappa shape index (κ1) is 15.0. The highest BCUT2D eigenvalue weighted by Gasteiger charge is 2.44. The molecule has 1 rings (SSSR count). The van der Waals surface area contributed by atoms with Gasteiger partial charge < -0.3 is 14.7 Å². The second kappa shape index (κ2) is 6.24. The third-order valence-electron chi connectivity index (χ3n) is 2.76. The van der Waals surface area contributed by atoms with Gasteiger partial charge in [0.05, 0.1) is 22.5 Å². The van der Waals surface area contributed by atoms with Crippen LogP contribution >= 0.6 is 11.8 Å². The van der Waals surface area contributed by atoms with Gasteiger partial charge in [-0.05, 0) is 26.7 Å². The minimum Gasteiger partial charge on any atom is -0.463 e. The Hall–Kier alpha value is -1.01. The fraction of sp³-hybridized carbons (Fsp3) is 0.667. The van der Waals surface area contributed by atoms with E-state index in [2.05, 4.69) is 0 Å². The van der Waals surface area contributed by atoms with Crippen molar-refractivity contribution in [3.05, 3.63) is 11.1 Å². The molecule has 0 aromatic rings. The van der Waals surface area contributed by atoms with Crippen LogP contribution in [0.3, 0.4) is 0 Å². The second-order valence-electron chi connectivity index (χ2n) is 4.26. The average molecular weight is 273 g/mol. The molecule has 0 aromatic carbocycles. The maximum atomic E-state index is 12.1. The van der Waals surface area contributed by atoms with E-state index in [1.54, 1.807) is 14.0 Å². The largest absolute Gasteiger partial charge is 0.463 e. The van der Waals surface area contributed by atoms with E-state index in [4.69, 9.17) is 9.84 Å². The first-order chi connectivity index (χ1) is 8.44. The SMILES string of the molecule is CCOC(=O)/C=C1\SC(C)(CCCO)C(=O)N1C. The molecule has 0 bridgehead atoms. The van der Waals surface area contributed by atoms with Gasteiger partial charge in [0.15, 0.2) is 0 Å². The van der Waals surface area contributed by atoms with Crippen molar-refractivity contribution in [2.75, 3.05) is 20.3 Å². The van der Waals surface area contributed by atoms with E-state index in [1.165, 1.54) is 22.7 Å². The molecule has 0 radical (unpaired) electrons. The van der Waals surface area contributed by atoms with Crippen LogP contribution in [0, 0.1) is 0 Å². The number of aliphatic hydroxyl groups excluding tert-OH is 1. The normalized spacial score (nSPS) is 25.9. The molecule has 1 aliphatic rings. The van der Waals surface area contributed by atoms with Gasteiger partial charge in [-0.15, -0.1) is 0 Å². The van der Waals surface area contributed by atoms with Crippen LogP contribution in [0.4, 0.5) is 0 Å². The topological polar surface area (TPSA) is 66.8 Å². The second-order valence-corrected chi connectivity index (χ2v) is 5.78. The van der Waals surface area contributed by atoms with Crippen molar-refractivity contribution in [3.63, 3.8) is 0 Å². The molecule has 1 amide bonds. The van der Waals surface area contributed by atoms with Crippen LogP contribution in [0.5, 0.6) is 0 Å². The van der Waals surface area contributed by atoms with Crippen LogP contribution < -0.4 is 0 Å². The summed E-state index contributed by atoms with van der Waals surface area (Å²) in [5.74, 6) is -0.484. The Morgan fingerprint density at radius 1 is 1.61 bits per heavy atom. The highest BCUT2D eigenvalue weighted by molar-refractivity contribution is 8.05. The Kier molecular flexibility index (Phi) is 5.22. The zero-order valence-corrected chi connectivity index (χ0v) is 11.7. The minimum atomic E-state index is -0.601. The molecule has 6 heteroatoms. The molecule has 1 saturated heterocycles. The first-order valence-corrected chi connectivity index (χ1v) is 6.72. The Labute approximate surface area is 111 Å². The van der Waals surface area contributed by atoms with E-state index in [0.717, 1.165) is 0 Å². The van der Waals surface area contributed by atoms with E-state index in [-0.39, 0.29) is 12.5 Å². The molecule has 0 saturated carbocycles.